The molecule has 0 spiro atoms. The molecule has 1 aliphatic rings. The van der Waals surface area contributed by atoms with Gasteiger partial charge in [-0.1, -0.05) is 26.3 Å². The number of nitrogens with one attached hydrogen (secondary N) is 1. The lowest BCUT2D eigenvalue weighted by Crippen LogP contribution is -2.29. The molecule has 3 heteroatoms. The van der Waals surface area contributed by atoms with Gasteiger partial charge in [-0.25, -0.2) is 0 Å². The molecular weight excluding hydrogens is 248 g/mol. The van der Waals surface area contributed by atoms with E-state index in [0.717, 1.165) is 18.8 Å². The maximum Gasteiger partial charge on any atom is 0.123 e. The summed E-state index contributed by atoms with van der Waals surface area (Å²) < 4.78 is 5.47. The lowest BCUT2D eigenvalue weighted by molar-refractivity contribution is 0.221. The number of likely N-dealkylation sites (tertiary alicyclic amines) is 1. The molecule has 0 bridgehead atoms. The molecule has 3 nitrogen and oxygen atoms in total. The Labute approximate surface area is 123 Å². The third kappa shape index (κ3) is 4.50. The summed E-state index contributed by atoms with van der Waals surface area (Å²) in [5.41, 5.74) is 2.66. The van der Waals surface area contributed by atoms with Crippen molar-refractivity contribution < 1.29 is 4.74 Å². The molecule has 1 aromatic carbocycles. The second-order valence-electron chi connectivity index (χ2n) is 6.02. The summed E-state index contributed by atoms with van der Waals surface area (Å²) in [5, 5.41) is 3.47. The molecule has 0 radical (unpaired) electrons. The first kappa shape index (κ1) is 15.3. The monoisotopic (exact) mass is 276 g/mol. The van der Waals surface area contributed by atoms with Crippen LogP contribution < -0.4 is 10.1 Å². The first-order chi connectivity index (χ1) is 9.69. The van der Waals surface area contributed by atoms with Crippen molar-refractivity contribution in [3.63, 3.8) is 0 Å². The predicted molar refractivity (Wildman–Crippen MR) is 84.1 cm³/mol. The van der Waals surface area contributed by atoms with E-state index in [9.17, 15) is 0 Å². The van der Waals surface area contributed by atoms with Crippen molar-refractivity contribution in [2.24, 2.45) is 0 Å². The zero-order chi connectivity index (χ0) is 14.4. The molecular formula is C17H28N2O. The largest absolute Gasteiger partial charge is 0.496 e. The summed E-state index contributed by atoms with van der Waals surface area (Å²) in [5.74, 6) is 0.987. The molecule has 0 saturated carbocycles. The van der Waals surface area contributed by atoms with E-state index in [2.05, 4.69) is 42.3 Å². The Kier molecular flexibility index (Phi) is 5.86. The second-order valence-corrected chi connectivity index (χ2v) is 6.02. The highest BCUT2D eigenvalue weighted by Gasteiger charge is 2.12. The Hall–Kier alpha value is -1.06. The van der Waals surface area contributed by atoms with Crippen molar-refractivity contribution >= 4 is 0 Å². The van der Waals surface area contributed by atoms with E-state index in [1.165, 1.54) is 43.5 Å². The number of benzene rings is 1. The zero-order valence-electron chi connectivity index (χ0n) is 13.1. The fourth-order valence-corrected chi connectivity index (χ4v) is 2.76. The van der Waals surface area contributed by atoms with E-state index in [1.807, 2.05) is 0 Å². The van der Waals surface area contributed by atoms with Crippen LogP contribution >= 0.6 is 0 Å². The fourth-order valence-electron chi connectivity index (χ4n) is 2.76. The van der Waals surface area contributed by atoms with Crippen LogP contribution in [0, 0.1) is 0 Å². The lowest BCUT2D eigenvalue weighted by atomic mass is 10.1. The molecule has 1 saturated heterocycles. The van der Waals surface area contributed by atoms with Gasteiger partial charge in [0, 0.05) is 24.7 Å². The van der Waals surface area contributed by atoms with E-state index < -0.39 is 0 Å². The molecule has 0 aliphatic carbocycles. The van der Waals surface area contributed by atoms with Gasteiger partial charge < -0.3 is 10.1 Å². The quantitative estimate of drug-likeness (QED) is 0.863. The molecule has 1 N–H and O–H groups in total. The minimum Gasteiger partial charge on any atom is -0.496 e. The third-order valence-electron chi connectivity index (χ3n) is 3.90. The van der Waals surface area contributed by atoms with Crippen LogP contribution in [0.15, 0.2) is 18.2 Å². The summed E-state index contributed by atoms with van der Waals surface area (Å²) in [6, 6.07) is 7.09. The number of piperidine rings is 1. The number of rotatable bonds is 6. The first-order valence-electron chi connectivity index (χ1n) is 7.80. The van der Waals surface area contributed by atoms with Crippen molar-refractivity contribution in [2.75, 3.05) is 20.2 Å². The number of nitrogens with zero attached hydrogens (tertiary/aromatic N) is 1. The van der Waals surface area contributed by atoms with Crippen molar-refractivity contribution in [1.82, 2.24) is 10.2 Å². The topological polar surface area (TPSA) is 24.5 Å². The van der Waals surface area contributed by atoms with Gasteiger partial charge in [-0.05, 0) is 43.6 Å². The standard InChI is InChI=1S/C17H28N2O/c1-14(2)18-12-16-11-15(7-8-17(16)20-3)13-19-9-5-4-6-10-19/h7-8,11,14,18H,4-6,9-10,12-13H2,1-3H3. The summed E-state index contributed by atoms with van der Waals surface area (Å²) >= 11 is 0. The Balaban J connectivity index is 2.03. The van der Waals surface area contributed by atoms with Crippen LogP contribution in [-0.4, -0.2) is 31.1 Å². The molecule has 0 unspecified atom stereocenters. The molecule has 20 heavy (non-hydrogen) atoms. The highest BCUT2D eigenvalue weighted by atomic mass is 16.5. The minimum absolute atomic E-state index is 0.491. The average molecular weight is 276 g/mol. The van der Waals surface area contributed by atoms with E-state index >= 15 is 0 Å². The van der Waals surface area contributed by atoms with E-state index in [-0.39, 0.29) is 0 Å². The van der Waals surface area contributed by atoms with Gasteiger partial charge in [0.25, 0.3) is 0 Å². The molecule has 1 aromatic rings. The van der Waals surface area contributed by atoms with E-state index in [1.54, 1.807) is 7.11 Å². The van der Waals surface area contributed by atoms with Gasteiger partial charge in [-0.15, -0.1) is 0 Å². The van der Waals surface area contributed by atoms with Gasteiger partial charge in [0.15, 0.2) is 0 Å². The average Bonchev–Trinajstić information content (AvgIpc) is 2.46. The van der Waals surface area contributed by atoms with Crippen LogP contribution in [0.4, 0.5) is 0 Å². The van der Waals surface area contributed by atoms with Crippen LogP contribution in [0.5, 0.6) is 5.75 Å². The molecule has 2 rings (SSSR count). The van der Waals surface area contributed by atoms with Gasteiger partial charge in [0.1, 0.15) is 5.75 Å². The third-order valence-corrected chi connectivity index (χ3v) is 3.90. The molecule has 0 atom stereocenters. The number of hydrogen-bond acceptors (Lipinski definition) is 3. The number of methoxy groups -OCH3 is 1. The van der Waals surface area contributed by atoms with Crippen molar-refractivity contribution in [2.45, 2.75) is 52.2 Å². The predicted octanol–water partition coefficient (Wildman–Crippen LogP) is 3.18. The van der Waals surface area contributed by atoms with Crippen LogP contribution in [0.25, 0.3) is 0 Å². The van der Waals surface area contributed by atoms with Gasteiger partial charge in [0.2, 0.25) is 0 Å². The summed E-state index contributed by atoms with van der Waals surface area (Å²) in [4.78, 5) is 2.56. The maximum atomic E-state index is 5.47. The van der Waals surface area contributed by atoms with Crippen LogP contribution in [0.3, 0.4) is 0 Å². The van der Waals surface area contributed by atoms with Crippen LogP contribution in [0.1, 0.15) is 44.2 Å². The zero-order valence-corrected chi connectivity index (χ0v) is 13.1. The normalized spacial score (nSPS) is 16.6. The van der Waals surface area contributed by atoms with Crippen molar-refractivity contribution in [3.05, 3.63) is 29.3 Å². The molecule has 1 aliphatic heterocycles. The Bertz CT molecular complexity index is 411. The molecule has 0 aromatic heterocycles. The summed E-state index contributed by atoms with van der Waals surface area (Å²) in [7, 11) is 1.75. The highest BCUT2D eigenvalue weighted by Crippen LogP contribution is 2.22. The summed E-state index contributed by atoms with van der Waals surface area (Å²) in [6.45, 7) is 8.76. The van der Waals surface area contributed by atoms with Gasteiger partial charge in [-0.2, -0.15) is 0 Å². The molecule has 1 heterocycles. The highest BCUT2D eigenvalue weighted by molar-refractivity contribution is 5.37. The Morgan fingerprint density at radius 2 is 1.95 bits per heavy atom. The fraction of sp³-hybridized carbons (Fsp3) is 0.647. The Morgan fingerprint density at radius 1 is 1.20 bits per heavy atom. The van der Waals surface area contributed by atoms with Crippen LogP contribution in [-0.2, 0) is 13.1 Å². The SMILES string of the molecule is COc1ccc(CN2CCCCC2)cc1CNC(C)C. The first-order valence-corrected chi connectivity index (χ1v) is 7.80. The minimum atomic E-state index is 0.491. The summed E-state index contributed by atoms with van der Waals surface area (Å²) in [6.07, 6.45) is 4.08. The maximum absolute atomic E-state index is 5.47. The van der Waals surface area contributed by atoms with E-state index in [4.69, 9.17) is 4.74 Å². The number of ether oxygens (including phenoxy) is 1. The molecule has 1 fully saturated rings. The van der Waals surface area contributed by atoms with E-state index in [0.29, 0.717) is 6.04 Å². The second kappa shape index (κ2) is 7.65. The van der Waals surface area contributed by atoms with Crippen LogP contribution in [0.2, 0.25) is 0 Å². The van der Waals surface area contributed by atoms with Gasteiger partial charge in [-0.3, -0.25) is 4.90 Å². The molecule has 112 valence electrons. The number of hydrogen-bond donors (Lipinski definition) is 1. The lowest BCUT2D eigenvalue weighted by Gasteiger charge is -2.26. The smallest absolute Gasteiger partial charge is 0.123 e. The van der Waals surface area contributed by atoms with Gasteiger partial charge >= 0.3 is 0 Å². The van der Waals surface area contributed by atoms with Gasteiger partial charge in [0.05, 0.1) is 7.11 Å². The Morgan fingerprint density at radius 3 is 2.60 bits per heavy atom. The van der Waals surface area contributed by atoms with Crippen molar-refractivity contribution in [1.29, 1.82) is 0 Å². The van der Waals surface area contributed by atoms with Crippen molar-refractivity contribution in [3.8, 4) is 5.75 Å². The molecule has 0 amide bonds.